The first-order chi connectivity index (χ1) is 11.2. The van der Waals surface area contributed by atoms with Crippen LogP contribution in [0.2, 0.25) is 0 Å². The number of thiophene rings is 1. The largest absolute Gasteiger partial charge is 0.477 e. The van der Waals surface area contributed by atoms with Gasteiger partial charge in [-0.15, -0.1) is 11.3 Å². The second-order valence-electron chi connectivity index (χ2n) is 5.37. The van der Waals surface area contributed by atoms with Crippen molar-refractivity contribution in [3.05, 3.63) is 60.3 Å². The van der Waals surface area contributed by atoms with Crippen LogP contribution in [0, 0.1) is 30.9 Å². The lowest BCUT2D eigenvalue weighted by Crippen LogP contribution is -2.24. The Morgan fingerprint density at radius 3 is 2.46 bits per heavy atom. The molecule has 2 N–H and O–H groups in total. The van der Waals surface area contributed by atoms with Crippen LogP contribution in [0.1, 0.15) is 41.6 Å². The summed E-state index contributed by atoms with van der Waals surface area (Å²) in [6.07, 6.45) is 0. The van der Waals surface area contributed by atoms with Crippen molar-refractivity contribution >= 4 is 28.9 Å². The lowest BCUT2D eigenvalue weighted by molar-refractivity contribution is -0.386. The van der Waals surface area contributed by atoms with Gasteiger partial charge in [-0.1, -0.05) is 0 Å². The molecule has 0 radical (unpaired) electrons. The number of benzene rings is 1. The Kier molecular flexibility index (Phi) is 4.99. The van der Waals surface area contributed by atoms with E-state index in [1.807, 2.05) is 0 Å². The van der Waals surface area contributed by atoms with Crippen molar-refractivity contribution in [2.45, 2.75) is 27.3 Å². The number of rotatable bonds is 5. The maximum Gasteiger partial charge on any atom is 0.345 e. The third kappa shape index (κ3) is 3.43. The maximum atomic E-state index is 12.4. The Morgan fingerprint density at radius 2 is 1.92 bits per heavy atom. The molecule has 0 saturated carbocycles. The number of hydrogen-bond acceptors (Lipinski definition) is 5. The molecule has 0 aliphatic rings. The van der Waals surface area contributed by atoms with Crippen molar-refractivity contribution < 1.29 is 19.6 Å². The molecule has 7 nitrogen and oxygen atoms in total. The van der Waals surface area contributed by atoms with Gasteiger partial charge in [-0.3, -0.25) is 14.9 Å². The molecule has 2 rings (SSSR count). The molecule has 1 amide bonds. The minimum absolute atomic E-state index is 0.0602. The highest BCUT2D eigenvalue weighted by Crippen LogP contribution is 2.28. The standard InChI is InChI=1S/C16H16N2O5S/c1-8-6-9(2)14(18(22)23)10(3)13(8)15(19)17-7-11-4-5-12(24-11)16(20)21/h4-6H,7H2,1-3H3,(H,17,19)(H,20,21). The van der Waals surface area contributed by atoms with E-state index in [2.05, 4.69) is 5.32 Å². The first kappa shape index (κ1) is 17.6. The van der Waals surface area contributed by atoms with Crippen LogP contribution in [0.3, 0.4) is 0 Å². The van der Waals surface area contributed by atoms with E-state index in [-0.39, 0.29) is 22.7 Å². The number of nitrogens with zero attached hydrogens (tertiary/aromatic N) is 1. The van der Waals surface area contributed by atoms with Crippen molar-refractivity contribution in [2.75, 3.05) is 0 Å². The maximum absolute atomic E-state index is 12.4. The van der Waals surface area contributed by atoms with E-state index in [1.165, 1.54) is 6.07 Å². The van der Waals surface area contributed by atoms with Gasteiger partial charge in [-0.25, -0.2) is 4.79 Å². The van der Waals surface area contributed by atoms with Gasteiger partial charge in [0.25, 0.3) is 11.6 Å². The number of carboxylic acid groups (broad SMARTS) is 1. The molecule has 1 aromatic carbocycles. The minimum Gasteiger partial charge on any atom is -0.477 e. The van der Waals surface area contributed by atoms with Gasteiger partial charge in [0.1, 0.15) is 4.88 Å². The molecule has 0 fully saturated rings. The van der Waals surface area contributed by atoms with Crippen LogP contribution in [-0.2, 0) is 6.54 Å². The van der Waals surface area contributed by atoms with Gasteiger partial charge in [-0.2, -0.15) is 0 Å². The van der Waals surface area contributed by atoms with E-state index in [9.17, 15) is 19.7 Å². The fourth-order valence-electron chi connectivity index (χ4n) is 2.65. The summed E-state index contributed by atoms with van der Waals surface area (Å²) in [7, 11) is 0. The number of amides is 1. The molecular formula is C16H16N2O5S. The Morgan fingerprint density at radius 1 is 1.25 bits per heavy atom. The SMILES string of the molecule is Cc1cc(C)c([N+](=O)[O-])c(C)c1C(=O)NCc1ccc(C(=O)O)s1. The topological polar surface area (TPSA) is 110 Å². The molecule has 2 aromatic rings. The third-order valence-electron chi connectivity index (χ3n) is 3.64. The molecule has 0 bridgehead atoms. The van der Waals surface area contributed by atoms with Crippen LogP contribution in [0.15, 0.2) is 18.2 Å². The average Bonchev–Trinajstić information content (AvgIpc) is 2.93. The normalized spacial score (nSPS) is 10.5. The van der Waals surface area contributed by atoms with Crippen LogP contribution in [0.25, 0.3) is 0 Å². The zero-order chi connectivity index (χ0) is 18.0. The van der Waals surface area contributed by atoms with Gasteiger partial charge < -0.3 is 10.4 Å². The van der Waals surface area contributed by atoms with E-state index in [4.69, 9.17) is 5.11 Å². The summed E-state index contributed by atoms with van der Waals surface area (Å²) in [5.41, 5.74) is 1.71. The van der Waals surface area contributed by atoms with Gasteiger partial charge in [0.15, 0.2) is 0 Å². The van der Waals surface area contributed by atoms with Gasteiger partial charge in [0.05, 0.1) is 17.0 Å². The van der Waals surface area contributed by atoms with E-state index < -0.39 is 16.8 Å². The molecule has 8 heteroatoms. The van der Waals surface area contributed by atoms with Crippen LogP contribution in [0.4, 0.5) is 5.69 Å². The number of nitrogens with one attached hydrogen (secondary N) is 1. The molecule has 0 saturated heterocycles. The van der Waals surface area contributed by atoms with Gasteiger partial charge in [0, 0.05) is 16.0 Å². The van der Waals surface area contributed by atoms with Crippen molar-refractivity contribution in [2.24, 2.45) is 0 Å². The van der Waals surface area contributed by atoms with Crippen LogP contribution < -0.4 is 5.32 Å². The average molecular weight is 348 g/mol. The molecular weight excluding hydrogens is 332 g/mol. The van der Waals surface area contributed by atoms with Crippen molar-refractivity contribution in [3.8, 4) is 0 Å². The number of nitro groups is 1. The van der Waals surface area contributed by atoms with E-state index in [0.717, 1.165) is 11.3 Å². The Hall–Kier alpha value is -2.74. The van der Waals surface area contributed by atoms with Gasteiger partial charge in [0.2, 0.25) is 0 Å². The van der Waals surface area contributed by atoms with E-state index >= 15 is 0 Å². The molecule has 24 heavy (non-hydrogen) atoms. The number of carbonyl (C=O) groups is 2. The van der Waals surface area contributed by atoms with Crippen LogP contribution in [0.5, 0.6) is 0 Å². The van der Waals surface area contributed by atoms with Gasteiger partial charge in [-0.05, 0) is 44.5 Å². The minimum atomic E-state index is -1.02. The lowest BCUT2D eigenvalue weighted by atomic mass is 9.97. The summed E-state index contributed by atoms with van der Waals surface area (Å²) >= 11 is 1.07. The second kappa shape index (κ2) is 6.79. The Bertz CT molecular complexity index is 841. The zero-order valence-corrected chi connectivity index (χ0v) is 14.2. The molecule has 0 aliphatic carbocycles. The van der Waals surface area contributed by atoms with Crippen LogP contribution in [-0.4, -0.2) is 21.9 Å². The molecule has 0 aliphatic heterocycles. The first-order valence-electron chi connectivity index (χ1n) is 7.07. The molecule has 1 aromatic heterocycles. The fourth-order valence-corrected chi connectivity index (χ4v) is 3.44. The highest BCUT2D eigenvalue weighted by Gasteiger charge is 2.23. The number of carbonyl (C=O) groups excluding carboxylic acids is 1. The molecule has 1 heterocycles. The predicted molar refractivity (Wildman–Crippen MR) is 89.8 cm³/mol. The Balaban J connectivity index is 2.24. The zero-order valence-electron chi connectivity index (χ0n) is 13.4. The summed E-state index contributed by atoms with van der Waals surface area (Å²) in [6, 6.07) is 4.72. The van der Waals surface area contributed by atoms with Crippen molar-refractivity contribution in [1.82, 2.24) is 5.32 Å². The first-order valence-corrected chi connectivity index (χ1v) is 7.89. The van der Waals surface area contributed by atoms with Gasteiger partial charge >= 0.3 is 5.97 Å². The third-order valence-corrected chi connectivity index (χ3v) is 4.71. The summed E-state index contributed by atoms with van der Waals surface area (Å²) in [4.78, 5) is 34.9. The lowest BCUT2D eigenvalue weighted by Gasteiger charge is -2.12. The number of hydrogen-bond donors (Lipinski definition) is 2. The highest BCUT2D eigenvalue weighted by molar-refractivity contribution is 7.13. The smallest absolute Gasteiger partial charge is 0.345 e. The predicted octanol–water partition coefficient (Wildman–Crippen LogP) is 3.21. The molecule has 126 valence electrons. The van der Waals surface area contributed by atoms with Crippen molar-refractivity contribution in [3.63, 3.8) is 0 Å². The summed E-state index contributed by atoms with van der Waals surface area (Å²) < 4.78 is 0. The summed E-state index contributed by atoms with van der Waals surface area (Å²) in [5.74, 6) is -1.43. The summed E-state index contributed by atoms with van der Waals surface area (Å²) in [6.45, 7) is 5.09. The van der Waals surface area contributed by atoms with Crippen LogP contribution >= 0.6 is 11.3 Å². The molecule has 0 atom stereocenters. The monoisotopic (exact) mass is 348 g/mol. The summed E-state index contributed by atoms with van der Waals surface area (Å²) in [5, 5.41) is 22.8. The number of aromatic carboxylic acids is 1. The Labute approximate surface area is 142 Å². The fraction of sp³-hybridized carbons (Fsp3) is 0.250. The second-order valence-corrected chi connectivity index (χ2v) is 6.54. The van der Waals surface area contributed by atoms with Crippen molar-refractivity contribution in [1.29, 1.82) is 0 Å². The number of carboxylic acids is 1. The highest BCUT2D eigenvalue weighted by atomic mass is 32.1. The molecule has 0 unspecified atom stereocenters. The quantitative estimate of drug-likeness (QED) is 0.637. The molecule has 0 spiro atoms. The number of aryl methyl sites for hydroxylation is 2. The van der Waals surface area contributed by atoms with E-state index in [0.29, 0.717) is 21.6 Å². The van der Waals surface area contributed by atoms with E-state index in [1.54, 1.807) is 32.9 Å². The number of nitro benzene ring substituents is 1.